The molecule has 1 aliphatic carbocycles. The van der Waals surface area contributed by atoms with Gasteiger partial charge in [0.15, 0.2) is 0 Å². The Kier molecular flexibility index (Phi) is 8.76. The highest BCUT2D eigenvalue weighted by Gasteiger charge is 2.51. The third-order valence-electron chi connectivity index (χ3n) is 8.39. The Balaban J connectivity index is 0.00000384. The summed E-state index contributed by atoms with van der Waals surface area (Å²) in [6, 6.07) is 18.1. The maximum Gasteiger partial charge on any atom is 0.511 e. The van der Waals surface area contributed by atoms with E-state index in [0.717, 1.165) is 18.7 Å². The molecule has 1 N–H and O–H groups in total. The first kappa shape index (κ1) is 32.6. The van der Waals surface area contributed by atoms with Crippen molar-refractivity contribution < 1.29 is 31.5 Å². The van der Waals surface area contributed by atoms with Crippen molar-refractivity contribution in [1.82, 2.24) is 13.9 Å². The number of carboxylic acids is 1. The molecule has 0 radical (unpaired) electrons. The van der Waals surface area contributed by atoms with E-state index in [2.05, 4.69) is 0 Å². The number of nitrogens with zero attached hydrogens (tertiary/aromatic N) is 3. The lowest BCUT2D eigenvalue weighted by atomic mass is 9.69. The first-order valence-corrected chi connectivity index (χ1v) is 15.9. The van der Waals surface area contributed by atoms with Crippen molar-refractivity contribution in [2.24, 2.45) is 0 Å². The first-order chi connectivity index (χ1) is 20.3. The zero-order valence-corrected chi connectivity index (χ0v) is 26.1. The Morgan fingerprint density at radius 3 is 1.80 bits per heavy atom. The molecule has 1 aromatic heterocycles. The van der Waals surface area contributed by atoms with Crippen molar-refractivity contribution in [2.45, 2.75) is 48.6 Å². The van der Waals surface area contributed by atoms with Crippen LogP contribution in [-0.2, 0) is 20.2 Å². The molecule has 0 amide bonds. The predicted molar refractivity (Wildman–Crippen MR) is 164 cm³/mol. The van der Waals surface area contributed by atoms with Crippen LogP contribution in [0.2, 0.25) is 10.0 Å². The molecular formula is C30H27Cl3F3N3O4S. The highest BCUT2D eigenvalue weighted by Crippen LogP contribution is 2.46. The molecular weight excluding hydrogens is 662 g/mol. The summed E-state index contributed by atoms with van der Waals surface area (Å²) in [7, 11) is -5.43. The maximum atomic E-state index is 13.4. The van der Waals surface area contributed by atoms with E-state index < -0.39 is 26.9 Å². The van der Waals surface area contributed by atoms with E-state index in [0.29, 0.717) is 42.1 Å². The lowest BCUT2D eigenvalue weighted by molar-refractivity contribution is -0.140. The van der Waals surface area contributed by atoms with Crippen LogP contribution in [0.3, 0.4) is 0 Å². The number of hydrogen-bond donors (Lipinski definition) is 1. The highest BCUT2D eigenvalue weighted by molar-refractivity contribution is 7.90. The van der Waals surface area contributed by atoms with Gasteiger partial charge in [-0.2, -0.15) is 17.5 Å². The average molecular weight is 689 g/mol. The van der Waals surface area contributed by atoms with Gasteiger partial charge in [-0.05, 0) is 78.8 Å². The molecule has 1 saturated carbocycles. The molecule has 4 aromatic rings. The van der Waals surface area contributed by atoms with Crippen molar-refractivity contribution in [2.75, 3.05) is 13.1 Å². The fraction of sp³-hybridized carbons (Fsp3) is 0.333. The molecule has 44 heavy (non-hydrogen) atoms. The number of sulfonamides is 1. The van der Waals surface area contributed by atoms with Crippen LogP contribution in [0.5, 0.6) is 0 Å². The second kappa shape index (κ2) is 11.8. The van der Waals surface area contributed by atoms with Gasteiger partial charge in [-0.3, -0.25) is 4.79 Å². The minimum Gasteiger partial charge on any atom is -0.480 e. The molecule has 0 unspecified atom stereocenters. The van der Waals surface area contributed by atoms with Crippen LogP contribution in [-0.4, -0.2) is 51.9 Å². The molecule has 3 aromatic carbocycles. The number of hydrogen-bond acceptors (Lipinski definition) is 4. The van der Waals surface area contributed by atoms with Crippen molar-refractivity contribution in [3.8, 4) is 0 Å². The van der Waals surface area contributed by atoms with Crippen LogP contribution in [0.15, 0.2) is 66.7 Å². The Labute approximate surface area is 268 Å². The van der Waals surface area contributed by atoms with Gasteiger partial charge in [0.2, 0.25) is 0 Å². The van der Waals surface area contributed by atoms with Gasteiger partial charge in [0.25, 0.3) is 0 Å². The lowest BCUT2D eigenvalue weighted by Crippen LogP contribution is -2.45. The number of piperidine rings is 1. The molecule has 14 heteroatoms. The Morgan fingerprint density at radius 2 is 1.34 bits per heavy atom. The lowest BCUT2D eigenvalue weighted by Gasteiger charge is -2.34. The SMILES string of the molecule is Cl.O=C(O)C(c1ccc(Cl)cc1)(c1ccc(Cl)cc1)c1ccc2nc(C3CC3)n(C3CCN(S(=O)(=O)C(F)(F)F)CC3)c2c1. The largest absolute Gasteiger partial charge is 0.511 e. The van der Waals surface area contributed by atoms with Crippen LogP contribution in [0, 0.1) is 0 Å². The number of benzene rings is 3. The van der Waals surface area contributed by atoms with Gasteiger partial charge in [0.1, 0.15) is 11.2 Å². The third-order valence-corrected chi connectivity index (χ3v) is 10.5. The number of alkyl halides is 3. The van der Waals surface area contributed by atoms with Crippen molar-refractivity contribution in [3.63, 3.8) is 0 Å². The van der Waals surface area contributed by atoms with E-state index >= 15 is 0 Å². The molecule has 0 bridgehead atoms. The molecule has 2 heterocycles. The monoisotopic (exact) mass is 687 g/mol. The van der Waals surface area contributed by atoms with Crippen LogP contribution in [0.1, 0.15) is 60.2 Å². The zero-order valence-electron chi connectivity index (χ0n) is 23.0. The summed E-state index contributed by atoms with van der Waals surface area (Å²) in [6.45, 7) is -0.574. The van der Waals surface area contributed by atoms with Crippen LogP contribution in [0.25, 0.3) is 11.0 Å². The van der Waals surface area contributed by atoms with Gasteiger partial charge in [-0.15, -0.1) is 12.4 Å². The molecule has 1 aliphatic heterocycles. The maximum absolute atomic E-state index is 13.4. The second-order valence-corrected chi connectivity index (χ2v) is 13.8. The van der Waals surface area contributed by atoms with Crippen LogP contribution >= 0.6 is 35.6 Å². The van der Waals surface area contributed by atoms with Crippen molar-refractivity contribution >= 4 is 62.6 Å². The molecule has 234 valence electrons. The number of carboxylic acid groups (broad SMARTS) is 1. The van der Waals surface area contributed by atoms with Crippen LogP contribution < -0.4 is 0 Å². The summed E-state index contributed by atoms with van der Waals surface area (Å²) >= 11 is 12.3. The number of aliphatic carboxylic acids is 1. The summed E-state index contributed by atoms with van der Waals surface area (Å²) in [4.78, 5) is 18.3. The smallest absolute Gasteiger partial charge is 0.480 e. The van der Waals surface area contributed by atoms with E-state index in [1.807, 2.05) is 4.57 Å². The fourth-order valence-corrected chi connectivity index (χ4v) is 7.35. The Hall–Kier alpha value is -2.83. The highest BCUT2D eigenvalue weighted by atomic mass is 35.5. The summed E-state index contributed by atoms with van der Waals surface area (Å²) in [5.74, 6) is -0.177. The second-order valence-electron chi connectivity index (χ2n) is 11.0. The number of carbonyl (C=O) groups is 1. The van der Waals surface area contributed by atoms with Crippen molar-refractivity contribution in [3.05, 3.63) is 99.3 Å². The molecule has 2 aliphatic rings. The molecule has 0 atom stereocenters. The molecule has 0 spiro atoms. The number of imidazole rings is 1. The van der Waals surface area contributed by atoms with E-state index in [1.54, 1.807) is 66.7 Å². The van der Waals surface area contributed by atoms with Gasteiger partial charge in [0.05, 0.1) is 11.0 Å². The number of halogens is 6. The summed E-state index contributed by atoms with van der Waals surface area (Å²) in [5, 5.41) is 11.8. The van der Waals surface area contributed by atoms with Gasteiger partial charge in [-0.25, -0.2) is 13.4 Å². The predicted octanol–water partition coefficient (Wildman–Crippen LogP) is 7.55. The summed E-state index contributed by atoms with van der Waals surface area (Å²) < 4.78 is 66.2. The van der Waals surface area contributed by atoms with E-state index in [4.69, 9.17) is 28.2 Å². The van der Waals surface area contributed by atoms with Gasteiger partial charge >= 0.3 is 21.5 Å². The van der Waals surface area contributed by atoms with Crippen molar-refractivity contribution in [1.29, 1.82) is 0 Å². The summed E-state index contributed by atoms with van der Waals surface area (Å²) in [5.41, 5.74) is -4.39. The Bertz CT molecular complexity index is 1760. The third kappa shape index (κ3) is 5.47. The standard InChI is InChI=1S/C30H26Cl2F3N3O4S.ClH/c31-22-8-3-19(4-9-22)29(28(39)40,20-5-10-23(32)11-6-20)21-7-12-25-26(17-21)38(27(36-25)18-1-2-18)24-13-15-37(16-14-24)43(41,42)30(33,34)35;/h3-12,17-18,24H,1-2,13-16H2,(H,39,40);1H. The van der Waals surface area contributed by atoms with Gasteiger partial charge < -0.3 is 9.67 Å². The van der Waals surface area contributed by atoms with Gasteiger partial charge in [-0.1, -0.05) is 53.5 Å². The average Bonchev–Trinajstić information content (AvgIpc) is 3.74. The van der Waals surface area contributed by atoms with E-state index in [-0.39, 0.29) is 50.3 Å². The van der Waals surface area contributed by atoms with Gasteiger partial charge in [0, 0.05) is 35.1 Å². The van der Waals surface area contributed by atoms with E-state index in [9.17, 15) is 31.5 Å². The first-order valence-electron chi connectivity index (χ1n) is 13.7. The minimum atomic E-state index is -5.43. The van der Waals surface area contributed by atoms with Crippen LogP contribution in [0.4, 0.5) is 13.2 Å². The topological polar surface area (TPSA) is 92.5 Å². The summed E-state index contributed by atoms with van der Waals surface area (Å²) in [6.07, 6.45) is 2.13. The normalized spacial score (nSPS) is 17.0. The zero-order chi connectivity index (χ0) is 30.7. The fourth-order valence-electron chi connectivity index (χ4n) is 6.12. The Morgan fingerprint density at radius 1 is 0.841 bits per heavy atom. The quantitative estimate of drug-likeness (QED) is 0.203. The molecule has 6 rings (SSSR count). The molecule has 2 fully saturated rings. The number of aromatic nitrogens is 2. The molecule has 7 nitrogen and oxygen atoms in total. The minimum absolute atomic E-state index is 0. The number of rotatable bonds is 7. The molecule has 1 saturated heterocycles. The van der Waals surface area contributed by atoms with E-state index in [1.165, 1.54) is 0 Å². The number of fused-ring (bicyclic) bond motifs is 1.